The van der Waals surface area contributed by atoms with E-state index in [0.717, 1.165) is 6.07 Å². The van der Waals surface area contributed by atoms with Crippen molar-refractivity contribution < 1.29 is 13.2 Å². The Balaban J connectivity index is 2.60. The Morgan fingerprint density at radius 1 is 0.875 bits per heavy atom. The molecular weight excluding hydrogens is 217 g/mol. The van der Waals surface area contributed by atoms with Gasteiger partial charge in [0.15, 0.2) is 11.6 Å². The zero-order chi connectivity index (χ0) is 11.7. The van der Waals surface area contributed by atoms with Crippen molar-refractivity contribution in [3.8, 4) is 11.3 Å². The molecule has 0 spiro atoms. The number of hydrogen-bond acceptors (Lipinski definition) is 2. The second kappa shape index (κ2) is 3.92. The standard InChI is InChI=1S/C11H7F3N2/c1-6-2-11(16-5-15-6)7-3-9(13)10(14)4-8(7)12/h2-5H,1H3. The maximum Gasteiger partial charge on any atom is 0.161 e. The number of hydrogen-bond donors (Lipinski definition) is 0. The van der Waals surface area contributed by atoms with E-state index >= 15 is 0 Å². The van der Waals surface area contributed by atoms with Crippen LogP contribution in [0.5, 0.6) is 0 Å². The average molecular weight is 224 g/mol. The summed E-state index contributed by atoms with van der Waals surface area (Å²) in [6, 6.07) is 2.78. The normalized spacial score (nSPS) is 10.5. The molecule has 0 unspecified atom stereocenters. The predicted molar refractivity (Wildman–Crippen MR) is 52.1 cm³/mol. The Bertz CT molecular complexity index is 541. The first-order chi connectivity index (χ1) is 7.58. The monoisotopic (exact) mass is 224 g/mol. The summed E-state index contributed by atoms with van der Waals surface area (Å²) in [6.45, 7) is 1.70. The van der Waals surface area contributed by atoms with Crippen LogP contribution in [0, 0.1) is 24.4 Å². The largest absolute Gasteiger partial charge is 0.242 e. The first kappa shape index (κ1) is 10.6. The van der Waals surface area contributed by atoms with Crippen LogP contribution in [0.15, 0.2) is 24.5 Å². The summed E-state index contributed by atoms with van der Waals surface area (Å²) in [7, 11) is 0. The Morgan fingerprint density at radius 2 is 1.56 bits per heavy atom. The van der Waals surface area contributed by atoms with E-state index in [4.69, 9.17) is 0 Å². The molecule has 0 bridgehead atoms. The van der Waals surface area contributed by atoms with Gasteiger partial charge < -0.3 is 0 Å². The van der Waals surface area contributed by atoms with Crippen LogP contribution in [0.4, 0.5) is 13.2 Å². The maximum atomic E-state index is 13.4. The summed E-state index contributed by atoms with van der Waals surface area (Å²) < 4.78 is 39.0. The summed E-state index contributed by atoms with van der Waals surface area (Å²) in [6.07, 6.45) is 1.24. The predicted octanol–water partition coefficient (Wildman–Crippen LogP) is 2.87. The van der Waals surface area contributed by atoms with Gasteiger partial charge in [0.2, 0.25) is 0 Å². The summed E-state index contributed by atoms with van der Waals surface area (Å²) in [5.74, 6) is -3.17. The quantitative estimate of drug-likeness (QED) is 0.696. The van der Waals surface area contributed by atoms with Crippen LogP contribution in [0.3, 0.4) is 0 Å². The van der Waals surface area contributed by atoms with Gasteiger partial charge in [-0.3, -0.25) is 0 Å². The molecule has 0 aliphatic heterocycles. The van der Waals surface area contributed by atoms with Gasteiger partial charge in [0, 0.05) is 17.3 Å². The molecular formula is C11H7F3N2. The van der Waals surface area contributed by atoms with Gasteiger partial charge in [0.25, 0.3) is 0 Å². The lowest BCUT2D eigenvalue weighted by molar-refractivity contribution is 0.496. The minimum Gasteiger partial charge on any atom is -0.242 e. The van der Waals surface area contributed by atoms with Crippen molar-refractivity contribution in [1.29, 1.82) is 0 Å². The first-order valence-electron chi connectivity index (χ1n) is 4.51. The average Bonchev–Trinajstić information content (AvgIpc) is 2.23. The fourth-order valence-corrected chi connectivity index (χ4v) is 1.32. The Hall–Kier alpha value is -1.91. The van der Waals surface area contributed by atoms with E-state index in [9.17, 15) is 13.2 Å². The van der Waals surface area contributed by atoms with Crippen LogP contribution < -0.4 is 0 Å². The molecule has 2 rings (SSSR count). The number of halogens is 3. The van der Waals surface area contributed by atoms with Crippen molar-refractivity contribution in [3.63, 3.8) is 0 Å². The Labute approximate surface area is 89.8 Å². The molecule has 0 fully saturated rings. The highest BCUT2D eigenvalue weighted by molar-refractivity contribution is 5.59. The van der Waals surface area contributed by atoms with Gasteiger partial charge in [-0.05, 0) is 19.1 Å². The molecule has 0 radical (unpaired) electrons. The smallest absolute Gasteiger partial charge is 0.161 e. The van der Waals surface area contributed by atoms with Crippen molar-refractivity contribution in [2.75, 3.05) is 0 Å². The van der Waals surface area contributed by atoms with Gasteiger partial charge in [-0.15, -0.1) is 0 Å². The molecule has 0 aliphatic carbocycles. The molecule has 16 heavy (non-hydrogen) atoms. The minimum atomic E-state index is -1.22. The van der Waals surface area contributed by atoms with Crippen molar-refractivity contribution in [1.82, 2.24) is 9.97 Å². The zero-order valence-electron chi connectivity index (χ0n) is 8.34. The van der Waals surface area contributed by atoms with Gasteiger partial charge in [-0.25, -0.2) is 23.1 Å². The topological polar surface area (TPSA) is 25.8 Å². The molecule has 0 N–H and O–H groups in total. The first-order valence-corrected chi connectivity index (χ1v) is 4.51. The van der Waals surface area contributed by atoms with Gasteiger partial charge in [0.1, 0.15) is 12.1 Å². The fourth-order valence-electron chi connectivity index (χ4n) is 1.32. The lowest BCUT2D eigenvalue weighted by Crippen LogP contribution is -1.94. The van der Waals surface area contributed by atoms with Crippen molar-refractivity contribution in [2.45, 2.75) is 6.92 Å². The lowest BCUT2D eigenvalue weighted by atomic mass is 10.1. The number of benzene rings is 1. The Kier molecular flexibility index (Phi) is 2.60. The minimum absolute atomic E-state index is 0.0793. The van der Waals surface area contributed by atoms with E-state index < -0.39 is 17.5 Å². The fraction of sp³-hybridized carbons (Fsp3) is 0.0909. The van der Waals surface area contributed by atoms with Gasteiger partial charge in [-0.1, -0.05) is 0 Å². The van der Waals surface area contributed by atoms with Crippen molar-refractivity contribution >= 4 is 0 Å². The highest BCUT2D eigenvalue weighted by Gasteiger charge is 2.12. The molecule has 0 saturated heterocycles. The summed E-state index contributed by atoms with van der Waals surface area (Å²) in [4.78, 5) is 7.63. The molecule has 0 aliphatic rings. The number of nitrogens with zero attached hydrogens (tertiary/aromatic N) is 2. The molecule has 2 aromatic rings. The van der Waals surface area contributed by atoms with E-state index in [1.807, 2.05) is 0 Å². The highest BCUT2D eigenvalue weighted by Crippen LogP contribution is 2.23. The zero-order valence-corrected chi connectivity index (χ0v) is 8.34. The second-order valence-corrected chi connectivity index (χ2v) is 3.29. The number of rotatable bonds is 1. The third-order valence-corrected chi connectivity index (χ3v) is 2.09. The summed E-state index contributed by atoms with van der Waals surface area (Å²) in [5.41, 5.74) is 0.766. The van der Waals surface area contributed by atoms with Crippen LogP contribution >= 0.6 is 0 Å². The van der Waals surface area contributed by atoms with Gasteiger partial charge in [0.05, 0.1) is 5.69 Å². The molecule has 0 atom stereocenters. The third kappa shape index (κ3) is 1.88. The van der Waals surface area contributed by atoms with Crippen molar-refractivity contribution in [2.24, 2.45) is 0 Å². The molecule has 1 aromatic carbocycles. The number of aryl methyl sites for hydroxylation is 1. The maximum absolute atomic E-state index is 13.4. The SMILES string of the molecule is Cc1cc(-c2cc(F)c(F)cc2F)ncn1. The van der Waals surface area contributed by atoms with Crippen LogP contribution in [-0.2, 0) is 0 Å². The van der Waals surface area contributed by atoms with Crippen LogP contribution in [-0.4, -0.2) is 9.97 Å². The van der Waals surface area contributed by atoms with Crippen LogP contribution in [0.2, 0.25) is 0 Å². The molecule has 2 nitrogen and oxygen atoms in total. The summed E-state index contributed by atoms with van der Waals surface area (Å²) >= 11 is 0. The molecule has 82 valence electrons. The van der Waals surface area contributed by atoms with Crippen LogP contribution in [0.1, 0.15) is 5.69 Å². The van der Waals surface area contributed by atoms with Gasteiger partial charge >= 0.3 is 0 Å². The third-order valence-electron chi connectivity index (χ3n) is 2.09. The van der Waals surface area contributed by atoms with E-state index in [1.165, 1.54) is 12.4 Å². The van der Waals surface area contributed by atoms with Gasteiger partial charge in [-0.2, -0.15) is 0 Å². The van der Waals surface area contributed by atoms with E-state index in [0.29, 0.717) is 11.8 Å². The summed E-state index contributed by atoms with van der Waals surface area (Å²) in [5, 5.41) is 0. The molecule has 1 heterocycles. The van der Waals surface area contributed by atoms with E-state index in [1.54, 1.807) is 6.92 Å². The number of aromatic nitrogens is 2. The second-order valence-electron chi connectivity index (χ2n) is 3.29. The molecule has 0 saturated carbocycles. The van der Waals surface area contributed by atoms with E-state index in [2.05, 4.69) is 9.97 Å². The van der Waals surface area contributed by atoms with E-state index in [-0.39, 0.29) is 11.3 Å². The lowest BCUT2D eigenvalue weighted by Gasteiger charge is -2.03. The molecule has 0 amide bonds. The molecule has 1 aromatic heterocycles. The highest BCUT2D eigenvalue weighted by atomic mass is 19.2. The van der Waals surface area contributed by atoms with Crippen LogP contribution in [0.25, 0.3) is 11.3 Å². The Morgan fingerprint density at radius 3 is 2.25 bits per heavy atom. The molecule has 5 heteroatoms. The van der Waals surface area contributed by atoms with Crippen molar-refractivity contribution in [3.05, 3.63) is 47.7 Å².